The van der Waals surface area contributed by atoms with E-state index in [1.54, 1.807) is 12.1 Å². The average molecular weight is 358 g/mol. The number of ether oxygens (including phenoxy) is 1. The van der Waals surface area contributed by atoms with Crippen LogP contribution in [0.15, 0.2) is 35.9 Å². The van der Waals surface area contributed by atoms with Crippen LogP contribution in [0.2, 0.25) is 0 Å². The van der Waals surface area contributed by atoms with Gasteiger partial charge in [-0.25, -0.2) is 4.79 Å². The highest BCUT2D eigenvalue weighted by molar-refractivity contribution is 5.64. The summed E-state index contributed by atoms with van der Waals surface area (Å²) in [6.45, 7) is 10.3. The highest BCUT2D eigenvalue weighted by Crippen LogP contribution is 2.47. The van der Waals surface area contributed by atoms with Gasteiger partial charge in [-0.1, -0.05) is 43.6 Å². The quantitative estimate of drug-likeness (QED) is 0.264. The number of phenols is 1. The first-order valence-corrected chi connectivity index (χ1v) is 9.42. The van der Waals surface area contributed by atoms with E-state index in [9.17, 15) is 15.0 Å². The predicted molar refractivity (Wildman–Crippen MR) is 104 cm³/mol. The van der Waals surface area contributed by atoms with Gasteiger partial charge in [-0.05, 0) is 63.1 Å². The Bertz CT molecular complexity index is 702. The molecule has 0 saturated heterocycles. The van der Waals surface area contributed by atoms with Crippen LogP contribution in [0.25, 0.3) is 0 Å². The molecule has 0 bridgehead atoms. The molecule has 2 N–H and O–H groups in total. The maximum Gasteiger partial charge on any atom is 0.511 e. The third-order valence-electron chi connectivity index (χ3n) is 5.16. The van der Waals surface area contributed by atoms with Crippen LogP contribution < -0.4 is 4.74 Å². The lowest BCUT2D eigenvalue weighted by atomic mass is 9.73. The first-order valence-electron chi connectivity index (χ1n) is 9.42. The molecule has 1 aliphatic rings. The zero-order valence-corrected chi connectivity index (χ0v) is 16.0. The summed E-state index contributed by atoms with van der Waals surface area (Å²) in [6.07, 6.45) is 6.67. The number of aromatic hydroxyl groups is 1. The molecule has 0 saturated carbocycles. The van der Waals surface area contributed by atoms with Crippen LogP contribution in [0.1, 0.15) is 69.9 Å². The smallest absolute Gasteiger partial charge is 0.507 e. The van der Waals surface area contributed by atoms with Gasteiger partial charge in [-0.2, -0.15) is 0 Å². The number of carboxylic acid groups (broad SMARTS) is 1. The summed E-state index contributed by atoms with van der Waals surface area (Å²) >= 11 is 0. The lowest BCUT2D eigenvalue weighted by molar-refractivity contribution is 0.143. The topological polar surface area (TPSA) is 66.8 Å². The molecule has 0 amide bonds. The molecular formula is C22H30O4. The standard InChI is InChI=1S/C22H30O4/c1-5-6-7-8-16-12-19(23)21(20(13-16)26-22(24)25)18-11-15(4)9-10-17(18)14(2)3/h11-13,17-18,23H,2,5-10H2,1,3-4H3,(H,24,25)/t17-,18+/m1/s1. The van der Waals surface area contributed by atoms with Gasteiger partial charge in [-0.3, -0.25) is 0 Å². The number of aryl methyl sites for hydroxylation is 1. The number of carbonyl (C=O) groups is 1. The molecule has 4 heteroatoms. The van der Waals surface area contributed by atoms with Crippen LogP contribution in [0.3, 0.4) is 0 Å². The molecule has 0 aromatic heterocycles. The van der Waals surface area contributed by atoms with Crippen LogP contribution in [0, 0.1) is 5.92 Å². The molecule has 1 aromatic carbocycles. The van der Waals surface area contributed by atoms with E-state index < -0.39 is 6.16 Å². The van der Waals surface area contributed by atoms with Crippen molar-refractivity contribution in [1.29, 1.82) is 0 Å². The molecule has 2 rings (SSSR count). The summed E-state index contributed by atoms with van der Waals surface area (Å²) in [4.78, 5) is 11.2. The predicted octanol–water partition coefficient (Wildman–Crippen LogP) is 6.20. The number of unbranched alkanes of at least 4 members (excludes halogenated alkanes) is 2. The summed E-state index contributed by atoms with van der Waals surface area (Å²) in [5.74, 6) is 0.385. The second-order valence-electron chi connectivity index (χ2n) is 7.38. The van der Waals surface area contributed by atoms with E-state index in [0.29, 0.717) is 5.56 Å². The van der Waals surface area contributed by atoms with E-state index in [0.717, 1.165) is 49.7 Å². The van der Waals surface area contributed by atoms with Crippen molar-refractivity contribution >= 4 is 6.16 Å². The minimum Gasteiger partial charge on any atom is -0.507 e. The Morgan fingerprint density at radius 1 is 1.35 bits per heavy atom. The molecule has 2 atom stereocenters. The number of rotatable bonds is 7. The number of phenolic OH excluding ortho intramolecular Hbond substituents is 1. The van der Waals surface area contributed by atoms with E-state index in [-0.39, 0.29) is 23.3 Å². The molecule has 0 radical (unpaired) electrons. The Labute approximate surface area is 156 Å². The van der Waals surface area contributed by atoms with Gasteiger partial charge in [0.1, 0.15) is 11.5 Å². The molecule has 142 valence electrons. The number of benzene rings is 1. The van der Waals surface area contributed by atoms with Gasteiger partial charge < -0.3 is 14.9 Å². The van der Waals surface area contributed by atoms with Crippen molar-refractivity contribution in [3.05, 3.63) is 47.1 Å². The molecule has 0 spiro atoms. The van der Waals surface area contributed by atoms with Gasteiger partial charge >= 0.3 is 6.16 Å². The van der Waals surface area contributed by atoms with Crippen molar-refractivity contribution in [2.45, 2.75) is 65.2 Å². The summed E-state index contributed by atoms with van der Waals surface area (Å²) in [5, 5.41) is 19.9. The van der Waals surface area contributed by atoms with Gasteiger partial charge in [0.2, 0.25) is 0 Å². The van der Waals surface area contributed by atoms with E-state index in [1.165, 1.54) is 5.57 Å². The summed E-state index contributed by atoms with van der Waals surface area (Å²) < 4.78 is 5.09. The normalized spacial score (nSPS) is 19.7. The first-order chi connectivity index (χ1) is 12.3. The zero-order valence-electron chi connectivity index (χ0n) is 16.0. The van der Waals surface area contributed by atoms with Crippen LogP contribution in [-0.2, 0) is 6.42 Å². The molecule has 0 fully saturated rings. The molecule has 1 aliphatic carbocycles. The van der Waals surface area contributed by atoms with Gasteiger partial charge in [0.05, 0.1) is 0 Å². The summed E-state index contributed by atoms with van der Waals surface area (Å²) in [7, 11) is 0. The van der Waals surface area contributed by atoms with Gasteiger partial charge in [0.15, 0.2) is 0 Å². The van der Waals surface area contributed by atoms with Gasteiger partial charge in [-0.15, -0.1) is 0 Å². The Kier molecular flexibility index (Phi) is 6.90. The largest absolute Gasteiger partial charge is 0.511 e. The Morgan fingerprint density at radius 3 is 2.69 bits per heavy atom. The monoisotopic (exact) mass is 358 g/mol. The van der Waals surface area contributed by atoms with E-state index in [4.69, 9.17) is 4.74 Å². The average Bonchev–Trinajstić information content (AvgIpc) is 2.54. The zero-order chi connectivity index (χ0) is 19.3. The fourth-order valence-corrected chi connectivity index (χ4v) is 3.81. The molecule has 4 nitrogen and oxygen atoms in total. The van der Waals surface area contributed by atoms with Crippen molar-refractivity contribution in [3.63, 3.8) is 0 Å². The third kappa shape index (κ3) is 4.90. The SMILES string of the molecule is C=C(C)[C@H]1CCC(C)=C[C@@H]1c1c(O)cc(CCCCC)cc1OC(=O)O. The lowest BCUT2D eigenvalue weighted by Gasteiger charge is -2.32. The maximum absolute atomic E-state index is 11.2. The fraction of sp³-hybridized carbons (Fsp3) is 0.500. The minimum atomic E-state index is -1.36. The molecule has 0 aliphatic heterocycles. The highest BCUT2D eigenvalue weighted by Gasteiger charge is 2.31. The van der Waals surface area contributed by atoms with Crippen LogP contribution in [0.5, 0.6) is 11.5 Å². The Balaban J connectivity index is 2.49. The second-order valence-corrected chi connectivity index (χ2v) is 7.38. The highest BCUT2D eigenvalue weighted by atomic mass is 16.7. The van der Waals surface area contributed by atoms with Gasteiger partial charge in [0, 0.05) is 11.5 Å². The molecule has 26 heavy (non-hydrogen) atoms. The Hall–Kier alpha value is -2.23. The third-order valence-corrected chi connectivity index (χ3v) is 5.16. The molecule has 1 aromatic rings. The van der Waals surface area contributed by atoms with E-state index >= 15 is 0 Å². The number of allylic oxidation sites excluding steroid dienone is 3. The lowest BCUT2D eigenvalue weighted by Crippen LogP contribution is -2.18. The van der Waals surface area contributed by atoms with Crippen LogP contribution >= 0.6 is 0 Å². The van der Waals surface area contributed by atoms with Crippen molar-refractivity contribution in [1.82, 2.24) is 0 Å². The molecular weight excluding hydrogens is 328 g/mol. The van der Waals surface area contributed by atoms with Crippen molar-refractivity contribution in [3.8, 4) is 11.5 Å². The van der Waals surface area contributed by atoms with E-state index in [1.807, 2.05) is 6.92 Å². The second kappa shape index (κ2) is 8.93. The van der Waals surface area contributed by atoms with Crippen LogP contribution in [0.4, 0.5) is 4.79 Å². The van der Waals surface area contributed by atoms with Gasteiger partial charge in [0.25, 0.3) is 0 Å². The number of hydrogen-bond donors (Lipinski definition) is 2. The molecule has 0 unspecified atom stereocenters. The number of hydrogen-bond acceptors (Lipinski definition) is 3. The Morgan fingerprint density at radius 2 is 2.08 bits per heavy atom. The van der Waals surface area contributed by atoms with Crippen molar-refractivity contribution < 1.29 is 19.7 Å². The summed E-state index contributed by atoms with van der Waals surface area (Å²) in [5.41, 5.74) is 3.73. The van der Waals surface area contributed by atoms with Crippen LogP contribution in [-0.4, -0.2) is 16.4 Å². The fourth-order valence-electron chi connectivity index (χ4n) is 3.81. The van der Waals surface area contributed by atoms with Crippen molar-refractivity contribution in [2.75, 3.05) is 0 Å². The van der Waals surface area contributed by atoms with E-state index in [2.05, 4.69) is 26.5 Å². The molecule has 0 heterocycles. The summed E-state index contributed by atoms with van der Waals surface area (Å²) in [6, 6.07) is 3.53. The first kappa shape index (κ1) is 20.1. The van der Waals surface area contributed by atoms with Crippen molar-refractivity contribution in [2.24, 2.45) is 5.92 Å². The minimum absolute atomic E-state index is 0.109. The maximum atomic E-state index is 11.2.